The number of hydrogen-bond acceptors (Lipinski definition) is 3. The Kier molecular flexibility index (Phi) is 2.02. The van der Waals surface area contributed by atoms with Gasteiger partial charge in [-0.05, 0) is 12.5 Å². The lowest BCUT2D eigenvalue weighted by atomic mass is 10.00. The second kappa shape index (κ2) is 3.18. The fourth-order valence-corrected chi connectivity index (χ4v) is 1.57. The Morgan fingerprint density at radius 3 is 3.23 bits per heavy atom. The maximum absolute atomic E-state index is 10.8. The molecule has 1 aromatic rings. The van der Waals surface area contributed by atoms with Crippen LogP contribution in [0.3, 0.4) is 0 Å². The van der Waals surface area contributed by atoms with Crippen LogP contribution < -0.4 is 0 Å². The highest BCUT2D eigenvalue weighted by molar-refractivity contribution is 5.71. The molecule has 1 aliphatic heterocycles. The number of aromatic amines is 1. The third kappa shape index (κ3) is 1.42. The highest BCUT2D eigenvalue weighted by Crippen LogP contribution is 2.33. The van der Waals surface area contributed by atoms with E-state index in [9.17, 15) is 4.79 Å². The average molecular weight is 182 g/mol. The van der Waals surface area contributed by atoms with Gasteiger partial charge in [0.15, 0.2) is 0 Å². The van der Waals surface area contributed by atoms with Gasteiger partial charge in [-0.3, -0.25) is 9.89 Å². The fourth-order valence-electron chi connectivity index (χ4n) is 1.57. The van der Waals surface area contributed by atoms with E-state index in [2.05, 4.69) is 10.2 Å². The standard InChI is InChI=1S/C8H10N2O3/c11-8(12)5-2-4-13-7(5)6-1-3-9-10-6/h1,3,5,7H,2,4H2,(H,9,10)(H,11,12). The summed E-state index contributed by atoms with van der Waals surface area (Å²) in [6.45, 7) is 0.501. The maximum atomic E-state index is 10.8. The molecule has 1 aromatic heterocycles. The molecular formula is C8H10N2O3. The molecule has 0 amide bonds. The zero-order valence-corrected chi connectivity index (χ0v) is 6.93. The molecule has 0 aromatic carbocycles. The molecule has 2 atom stereocenters. The number of carboxylic acids is 1. The molecule has 5 heteroatoms. The number of ether oxygens (including phenoxy) is 1. The molecule has 2 heterocycles. The lowest BCUT2D eigenvalue weighted by Crippen LogP contribution is -2.17. The predicted molar refractivity (Wildman–Crippen MR) is 43.0 cm³/mol. The van der Waals surface area contributed by atoms with Gasteiger partial charge < -0.3 is 9.84 Å². The molecule has 1 aliphatic rings. The molecule has 2 rings (SSSR count). The summed E-state index contributed by atoms with van der Waals surface area (Å²) < 4.78 is 5.32. The first-order valence-electron chi connectivity index (χ1n) is 4.12. The van der Waals surface area contributed by atoms with Gasteiger partial charge in [-0.1, -0.05) is 0 Å². The number of hydrogen-bond donors (Lipinski definition) is 2. The van der Waals surface area contributed by atoms with Gasteiger partial charge in [0.2, 0.25) is 0 Å². The summed E-state index contributed by atoms with van der Waals surface area (Å²) in [6.07, 6.45) is 1.80. The molecule has 0 aliphatic carbocycles. The molecule has 0 spiro atoms. The molecular weight excluding hydrogens is 172 g/mol. The fraction of sp³-hybridized carbons (Fsp3) is 0.500. The first-order valence-corrected chi connectivity index (χ1v) is 4.12. The molecule has 0 radical (unpaired) electrons. The smallest absolute Gasteiger partial charge is 0.309 e. The summed E-state index contributed by atoms with van der Waals surface area (Å²) in [5, 5.41) is 15.4. The van der Waals surface area contributed by atoms with Crippen molar-refractivity contribution in [3.8, 4) is 0 Å². The molecule has 2 N–H and O–H groups in total. The van der Waals surface area contributed by atoms with E-state index < -0.39 is 11.9 Å². The van der Waals surface area contributed by atoms with Crippen molar-refractivity contribution in [3.05, 3.63) is 18.0 Å². The number of carbonyl (C=O) groups is 1. The van der Waals surface area contributed by atoms with E-state index >= 15 is 0 Å². The number of rotatable bonds is 2. The van der Waals surface area contributed by atoms with Gasteiger partial charge in [0.05, 0.1) is 11.6 Å². The van der Waals surface area contributed by atoms with Gasteiger partial charge in [0, 0.05) is 12.8 Å². The summed E-state index contributed by atoms with van der Waals surface area (Å²) >= 11 is 0. The van der Waals surface area contributed by atoms with Crippen molar-refractivity contribution < 1.29 is 14.6 Å². The third-order valence-corrected chi connectivity index (χ3v) is 2.24. The van der Waals surface area contributed by atoms with Gasteiger partial charge in [0.1, 0.15) is 6.10 Å². The van der Waals surface area contributed by atoms with Crippen molar-refractivity contribution in [1.29, 1.82) is 0 Å². The van der Waals surface area contributed by atoms with E-state index in [-0.39, 0.29) is 6.10 Å². The van der Waals surface area contributed by atoms with Crippen LogP contribution in [0.25, 0.3) is 0 Å². The molecule has 0 saturated carbocycles. The van der Waals surface area contributed by atoms with E-state index in [4.69, 9.17) is 9.84 Å². The normalized spacial score (nSPS) is 27.7. The largest absolute Gasteiger partial charge is 0.481 e. The Bertz CT molecular complexity index is 296. The lowest BCUT2D eigenvalue weighted by molar-refractivity contribution is -0.143. The van der Waals surface area contributed by atoms with E-state index in [0.29, 0.717) is 13.0 Å². The van der Waals surface area contributed by atoms with Gasteiger partial charge in [-0.2, -0.15) is 5.10 Å². The number of aromatic nitrogens is 2. The SMILES string of the molecule is O=C(O)C1CCOC1c1ccn[nH]1. The Hall–Kier alpha value is -1.36. The molecule has 2 unspecified atom stereocenters. The Balaban J connectivity index is 2.19. The van der Waals surface area contributed by atoms with Crippen LogP contribution in [0.5, 0.6) is 0 Å². The quantitative estimate of drug-likeness (QED) is 0.701. The van der Waals surface area contributed by atoms with Crippen molar-refractivity contribution in [2.45, 2.75) is 12.5 Å². The van der Waals surface area contributed by atoms with Crippen LogP contribution in [0.1, 0.15) is 18.2 Å². The van der Waals surface area contributed by atoms with E-state index in [0.717, 1.165) is 5.69 Å². The van der Waals surface area contributed by atoms with Crippen molar-refractivity contribution in [2.75, 3.05) is 6.61 Å². The maximum Gasteiger partial charge on any atom is 0.309 e. The minimum atomic E-state index is -0.808. The van der Waals surface area contributed by atoms with E-state index in [1.807, 2.05) is 0 Å². The van der Waals surface area contributed by atoms with Gasteiger partial charge >= 0.3 is 5.97 Å². The van der Waals surface area contributed by atoms with Crippen LogP contribution in [0.15, 0.2) is 12.3 Å². The minimum Gasteiger partial charge on any atom is -0.481 e. The van der Waals surface area contributed by atoms with Crippen molar-refractivity contribution >= 4 is 5.97 Å². The summed E-state index contributed by atoms with van der Waals surface area (Å²) in [7, 11) is 0. The van der Waals surface area contributed by atoms with Crippen molar-refractivity contribution in [3.63, 3.8) is 0 Å². The zero-order chi connectivity index (χ0) is 9.26. The molecule has 1 fully saturated rings. The predicted octanol–water partition coefficient (Wildman–Crippen LogP) is 0.572. The Morgan fingerprint density at radius 2 is 2.62 bits per heavy atom. The Morgan fingerprint density at radius 1 is 1.77 bits per heavy atom. The number of carboxylic acid groups (broad SMARTS) is 1. The monoisotopic (exact) mass is 182 g/mol. The molecule has 70 valence electrons. The lowest BCUT2D eigenvalue weighted by Gasteiger charge is -2.11. The molecule has 13 heavy (non-hydrogen) atoms. The highest BCUT2D eigenvalue weighted by Gasteiger charge is 2.35. The topological polar surface area (TPSA) is 75.2 Å². The van der Waals surface area contributed by atoms with Crippen LogP contribution >= 0.6 is 0 Å². The molecule has 5 nitrogen and oxygen atoms in total. The van der Waals surface area contributed by atoms with Gasteiger partial charge in [-0.25, -0.2) is 0 Å². The van der Waals surface area contributed by atoms with Gasteiger partial charge in [0.25, 0.3) is 0 Å². The summed E-state index contributed by atoms with van der Waals surface area (Å²) in [6, 6.07) is 1.74. The van der Waals surface area contributed by atoms with Crippen LogP contribution in [0, 0.1) is 5.92 Å². The van der Waals surface area contributed by atoms with Crippen LogP contribution in [-0.2, 0) is 9.53 Å². The number of nitrogens with one attached hydrogen (secondary N) is 1. The highest BCUT2D eigenvalue weighted by atomic mass is 16.5. The second-order valence-corrected chi connectivity index (χ2v) is 3.04. The first-order chi connectivity index (χ1) is 6.29. The number of aliphatic carboxylic acids is 1. The van der Waals surface area contributed by atoms with Crippen molar-refractivity contribution in [1.82, 2.24) is 10.2 Å². The Labute approximate surface area is 74.7 Å². The van der Waals surface area contributed by atoms with Crippen molar-refractivity contribution in [2.24, 2.45) is 5.92 Å². The summed E-state index contributed by atoms with van der Waals surface area (Å²) in [5.74, 6) is -1.25. The van der Waals surface area contributed by atoms with Gasteiger partial charge in [-0.15, -0.1) is 0 Å². The van der Waals surface area contributed by atoms with Crippen LogP contribution in [-0.4, -0.2) is 27.9 Å². The zero-order valence-electron chi connectivity index (χ0n) is 6.93. The van der Waals surface area contributed by atoms with E-state index in [1.54, 1.807) is 12.3 Å². The first kappa shape index (κ1) is 8.25. The number of H-pyrrole nitrogens is 1. The third-order valence-electron chi connectivity index (χ3n) is 2.24. The number of nitrogens with zero attached hydrogens (tertiary/aromatic N) is 1. The summed E-state index contributed by atoms with van der Waals surface area (Å²) in [4.78, 5) is 10.8. The average Bonchev–Trinajstić information content (AvgIpc) is 2.74. The minimum absolute atomic E-state index is 0.361. The van der Waals surface area contributed by atoms with Crippen LogP contribution in [0.4, 0.5) is 0 Å². The second-order valence-electron chi connectivity index (χ2n) is 3.04. The summed E-state index contributed by atoms with van der Waals surface area (Å²) in [5.41, 5.74) is 0.741. The molecule has 0 bridgehead atoms. The van der Waals surface area contributed by atoms with E-state index in [1.165, 1.54) is 0 Å². The van der Waals surface area contributed by atoms with Crippen LogP contribution in [0.2, 0.25) is 0 Å². The molecule has 1 saturated heterocycles.